The third-order valence-electron chi connectivity index (χ3n) is 8.30. The van der Waals surface area contributed by atoms with E-state index in [9.17, 15) is 15.2 Å². The number of carboxylic acids is 1. The molecular formula is C34H46FNO4. The Labute approximate surface area is 239 Å². The summed E-state index contributed by atoms with van der Waals surface area (Å²) < 4.78 is 27.6. The molecule has 6 heteroatoms. The normalized spacial score (nSPS) is 16.1. The summed E-state index contributed by atoms with van der Waals surface area (Å²) in [6, 6.07) is 15.5. The maximum absolute atomic E-state index is 15.8. The first-order valence-electron chi connectivity index (χ1n) is 15.2. The van der Waals surface area contributed by atoms with Crippen molar-refractivity contribution in [1.29, 1.82) is 5.26 Å². The van der Waals surface area contributed by atoms with Crippen LogP contribution in [0.4, 0.5) is 4.39 Å². The van der Waals surface area contributed by atoms with Gasteiger partial charge in [0.2, 0.25) is 5.67 Å². The quantitative estimate of drug-likeness (QED) is 0.198. The minimum atomic E-state index is -2.20. The molecule has 1 unspecified atom stereocenters. The first-order chi connectivity index (χ1) is 19.4. The second-order valence-electron chi connectivity index (χ2n) is 11.3. The fraction of sp³-hybridized carbons (Fsp3) is 0.588. The molecule has 0 heterocycles. The van der Waals surface area contributed by atoms with Crippen molar-refractivity contribution in [1.82, 2.24) is 0 Å². The number of carboxylic acid groups (broad SMARTS) is 1. The van der Waals surface area contributed by atoms with Crippen molar-refractivity contribution in [3.05, 3.63) is 48.0 Å². The first-order valence-corrected chi connectivity index (χ1v) is 15.2. The van der Waals surface area contributed by atoms with Crippen LogP contribution in [0, 0.1) is 23.2 Å². The van der Waals surface area contributed by atoms with Crippen LogP contribution in [0.3, 0.4) is 0 Å². The molecule has 0 aromatic heterocycles. The number of carbonyl (C=O) groups is 1. The van der Waals surface area contributed by atoms with Crippen LogP contribution < -0.4 is 9.47 Å². The van der Waals surface area contributed by atoms with Gasteiger partial charge in [0.1, 0.15) is 17.6 Å². The van der Waals surface area contributed by atoms with Gasteiger partial charge in [0.05, 0.1) is 18.8 Å². The number of ether oxygens (including phenoxy) is 2. The number of rotatable bonds is 17. The average Bonchev–Trinajstić information content (AvgIpc) is 2.99. The van der Waals surface area contributed by atoms with Crippen LogP contribution in [-0.2, 0) is 4.79 Å². The van der Waals surface area contributed by atoms with Crippen LogP contribution in [0.5, 0.6) is 11.5 Å². The van der Waals surface area contributed by atoms with E-state index in [-0.39, 0.29) is 18.9 Å². The van der Waals surface area contributed by atoms with Gasteiger partial charge in [-0.05, 0) is 73.4 Å². The van der Waals surface area contributed by atoms with Crippen LogP contribution in [-0.4, -0.2) is 30.0 Å². The summed E-state index contributed by atoms with van der Waals surface area (Å²) in [7, 11) is 0. The van der Waals surface area contributed by atoms with E-state index in [0.29, 0.717) is 42.9 Å². The third kappa shape index (κ3) is 8.98. The molecule has 40 heavy (non-hydrogen) atoms. The monoisotopic (exact) mass is 551 g/mol. The van der Waals surface area contributed by atoms with E-state index in [0.717, 1.165) is 43.2 Å². The average molecular weight is 552 g/mol. The van der Waals surface area contributed by atoms with Gasteiger partial charge in [-0.25, -0.2) is 9.18 Å². The standard InChI is InChI=1S/C34H46FNO4/c1-3-5-6-7-8-12-21-39-32-20-17-28(22-29(32)24-36)27-15-18-31(19-16-27)40-25-26(4-2)23-34(35,33(37)38)30-13-10-9-11-14-30/h15-20,22,26,30H,3-14,21,23,25H2,1-2H3,(H,37,38)/t26?,34-/m1/s1. The minimum Gasteiger partial charge on any atom is -0.493 e. The zero-order valence-corrected chi connectivity index (χ0v) is 24.3. The highest BCUT2D eigenvalue weighted by Gasteiger charge is 2.47. The topological polar surface area (TPSA) is 79.6 Å². The smallest absolute Gasteiger partial charge is 0.341 e. The van der Waals surface area contributed by atoms with Crippen LogP contribution in [0.25, 0.3) is 11.1 Å². The molecule has 0 aliphatic heterocycles. The molecule has 3 rings (SSSR count). The van der Waals surface area contributed by atoms with Crippen molar-refractivity contribution in [2.75, 3.05) is 13.2 Å². The second-order valence-corrected chi connectivity index (χ2v) is 11.3. The fourth-order valence-electron chi connectivity index (χ4n) is 5.67. The summed E-state index contributed by atoms with van der Waals surface area (Å²) in [5.74, 6) is -0.678. The number of benzene rings is 2. The Morgan fingerprint density at radius 2 is 1.68 bits per heavy atom. The van der Waals surface area contributed by atoms with Crippen LogP contribution in [0.1, 0.15) is 103 Å². The highest BCUT2D eigenvalue weighted by molar-refractivity contribution is 5.77. The highest BCUT2D eigenvalue weighted by Crippen LogP contribution is 2.40. The molecule has 1 saturated carbocycles. The lowest BCUT2D eigenvalue weighted by molar-refractivity contribution is -0.158. The van der Waals surface area contributed by atoms with E-state index in [2.05, 4.69) is 13.0 Å². The van der Waals surface area contributed by atoms with E-state index in [1.165, 1.54) is 25.7 Å². The summed E-state index contributed by atoms with van der Waals surface area (Å²) in [6.07, 6.45) is 11.9. The van der Waals surface area contributed by atoms with Crippen molar-refractivity contribution in [3.8, 4) is 28.7 Å². The highest BCUT2D eigenvalue weighted by atomic mass is 19.1. The van der Waals surface area contributed by atoms with Gasteiger partial charge in [-0.3, -0.25) is 0 Å². The molecule has 0 bridgehead atoms. The Morgan fingerprint density at radius 3 is 2.33 bits per heavy atom. The molecule has 0 saturated heterocycles. The van der Waals surface area contributed by atoms with Crippen molar-refractivity contribution in [3.63, 3.8) is 0 Å². The van der Waals surface area contributed by atoms with Gasteiger partial charge in [0.25, 0.3) is 0 Å². The van der Waals surface area contributed by atoms with Crippen LogP contribution >= 0.6 is 0 Å². The largest absolute Gasteiger partial charge is 0.493 e. The Kier molecular flexibility index (Phi) is 12.8. The van der Waals surface area contributed by atoms with Gasteiger partial charge in [-0.15, -0.1) is 0 Å². The molecule has 0 radical (unpaired) electrons. The van der Waals surface area contributed by atoms with Gasteiger partial charge in [0, 0.05) is 5.92 Å². The minimum absolute atomic E-state index is 0.0220. The first kappa shape index (κ1) is 31.5. The number of alkyl halides is 1. The van der Waals surface area contributed by atoms with Gasteiger partial charge in [-0.1, -0.05) is 83.4 Å². The molecule has 5 nitrogen and oxygen atoms in total. The number of hydrogen-bond acceptors (Lipinski definition) is 4. The number of nitrogens with zero attached hydrogens (tertiary/aromatic N) is 1. The molecule has 0 amide bonds. The lowest BCUT2D eigenvalue weighted by atomic mass is 9.74. The lowest BCUT2D eigenvalue weighted by Crippen LogP contribution is -2.44. The van der Waals surface area contributed by atoms with Crippen molar-refractivity contribution in [2.24, 2.45) is 11.8 Å². The fourth-order valence-corrected chi connectivity index (χ4v) is 5.67. The van der Waals surface area contributed by atoms with Gasteiger partial charge in [0.15, 0.2) is 0 Å². The Bertz CT molecular complexity index is 1090. The van der Waals surface area contributed by atoms with E-state index in [1.54, 1.807) is 0 Å². The molecule has 1 aliphatic rings. The number of nitriles is 1. The molecule has 1 fully saturated rings. The second kappa shape index (κ2) is 16.3. The predicted molar refractivity (Wildman–Crippen MR) is 157 cm³/mol. The van der Waals surface area contributed by atoms with Crippen LogP contribution in [0.2, 0.25) is 0 Å². The molecule has 2 atom stereocenters. The molecule has 0 spiro atoms. The number of aliphatic carboxylic acids is 1. The van der Waals surface area contributed by atoms with Gasteiger partial charge in [-0.2, -0.15) is 5.26 Å². The van der Waals surface area contributed by atoms with E-state index >= 15 is 4.39 Å². The predicted octanol–water partition coefficient (Wildman–Crippen LogP) is 9.13. The Balaban J connectivity index is 1.55. The van der Waals surface area contributed by atoms with Crippen molar-refractivity contribution >= 4 is 5.97 Å². The molecular weight excluding hydrogens is 505 g/mol. The van der Waals surface area contributed by atoms with Gasteiger partial charge < -0.3 is 14.6 Å². The molecule has 2 aromatic carbocycles. The molecule has 2 aromatic rings. The molecule has 1 aliphatic carbocycles. The van der Waals surface area contributed by atoms with E-state index in [4.69, 9.17) is 9.47 Å². The summed E-state index contributed by atoms with van der Waals surface area (Å²) >= 11 is 0. The molecule has 1 N–H and O–H groups in total. The van der Waals surface area contributed by atoms with Crippen LogP contribution in [0.15, 0.2) is 42.5 Å². The SMILES string of the molecule is CCCCCCCCOc1ccc(-c2ccc(OCC(CC)C[C@](F)(C(=O)O)C3CCCCC3)cc2)cc1C#N. The van der Waals surface area contributed by atoms with E-state index < -0.39 is 17.6 Å². The zero-order chi connectivity index (χ0) is 28.8. The molecule has 218 valence electrons. The maximum Gasteiger partial charge on any atom is 0.341 e. The summed E-state index contributed by atoms with van der Waals surface area (Å²) in [6.45, 7) is 5.04. The lowest BCUT2D eigenvalue weighted by Gasteiger charge is -2.35. The van der Waals surface area contributed by atoms with Crippen molar-refractivity contribution in [2.45, 2.75) is 103 Å². The van der Waals surface area contributed by atoms with Gasteiger partial charge >= 0.3 is 5.97 Å². The maximum atomic E-state index is 15.8. The van der Waals surface area contributed by atoms with E-state index in [1.807, 2.05) is 49.4 Å². The number of halogens is 1. The number of hydrogen-bond donors (Lipinski definition) is 1. The summed E-state index contributed by atoms with van der Waals surface area (Å²) in [5, 5.41) is 19.4. The summed E-state index contributed by atoms with van der Waals surface area (Å²) in [4.78, 5) is 12.0. The van der Waals surface area contributed by atoms with Crippen molar-refractivity contribution < 1.29 is 23.8 Å². The Morgan fingerprint density at radius 1 is 1.00 bits per heavy atom. The summed E-state index contributed by atoms with van der Waals surface area (Å²) in [5.41, 5.74) is 0.180. The zero-order valence-electron chi connectivity index (χ0n) is 24.3. The Hall–Kier alpha value is -3.07. The third-order valence-corrected chi connectivity index (χ3v) is 8.30. The number of unbranched alkanes of at least 4 members (excludes halogenated alkanes) is 5.